The van der Waals surface area contributed by atoms with Crippen LogP contribution in [0.5, 0.6) is 0 Å². The molecule has 2 rings (SSSR count). The Morgan fingerprint density at radius 1 is 1.28 bits per heavy atom. The number of hydrogen-bond acceptors (Lipinski definition) is 5. The van der Waals surface area contributed by atoms with Crippen molar-refractivity contribution >= 4 is 23.9 Å². The molecule has 1 atom stereocenters. The van der Waals surface area contributed by atoms with Gasteiger partial charge in [0.1, 0.15) is 0 Å². The van der Waals surface area contributed by atoms with E-state index in [1.165, 1.54) is 18.4 Å². The molecule has 1 aliphatic rings. The van der Waals surface area contributed by atoms with Gasteiger partial charge in [-0.2, -0.15) is 0 Å². The molecular formula is C12H9N2O4. The lowest BCUT2D eigenvalue weighted by molar-refractivity contribution is -0.127. The van der Waals surface area contributed by atoms with Crippen LogP contribution in [-0.4, -0.2) is 41.4 Å². The molecule has 1 aromatic rings. The summed E-state index contributed by atoms with van der Waals surface area (Å²) in [6, 6.07) is 4.47. The van der Waals surface area contributed by atoms with Crippen LogP contribution in [0.3, 0.4) is 0 Å². The van der Waals surface area contributed by atoms with Crippen LogP contribution in [0.4, 0.5) is 0 Å². The monoisotopic (exact) mass is 245 g/mol. The largest absolute Gasteiger partial charge is 0.322 e. The van der Waals surface area contributed by atoms with Gasteiger partial charge in [0.15, 0.2) is 11.8 Å². The average molecular weight is 245 g/mol. The fourth-order valence-corrected chi connectivity index (χ4v) is 1.86. The van der Waals surface area contributed by atoms with E-state index in [0.29, 0.717) is 4.90 Å². The molecule has 2 N–H and O–H groups in total. The predicted octanol–water partition coefficient (Wildman–Crippen LogP) is -0.711. The minimum atomic E-state index is -1.54. The Balaban J connectivity index is 2.59. The summed E-state index contributed by atoms with van der Waals surface area (Å²) in [5.74, 6) is -2.10. The number of carbonyl (C=O) groups excluding carboxylic acids is 4. The van der Waals surface area contributed by atoms with E-state index in [-0.39, 0.29) is 11.1 Å². The number of rotatable bonds is 2. The van der Waals surface area contributed by atoms with Crippen molar-refractivity contribution in [2.45, 2.75) is 6.04 Å². The van der Waals surface area contributed by atoms with Crippen molar-refractivity contribution in [3.63, 3.8) is 0 Å². The zero-order valence-corrected chi connectivity index (χ0v) is 9.25. The summed E-state index contributed by atoms with van der Waals surface area (Å²) in [5, 5.41) is 0. The van der Waals surface area contributed by atoms with Crippen LogP contribution >= 0.6 is 0 Å². The Morgan fingerprint density at radius 2 is 1.89 bits per heavy atom. The molecular weight excluding hydrogens is 236 g/mol. The number of imide groups is 1. The van der Waals surface area contributed by atoms with Crippen molar-refractivity contribution in [3.8, 4) is 0 Å². The summed E-state index contributed by atoms with van der Waals surface area (Å²) in [7, 11) is 0. The molecule has 6 heteroatoms. The first-order valence-corrected chi connectivity index (χ1v) is 5.19. The quantitative estimate of drug-likeness (QED) is 0.694. The summed E-state index contributed by atoms with van der Waals surface area (Å²) < 4.78 is 0. The third-order valence-electron chi connectivity index (χ3n) is 2.70. The number of carbonyl (C=O) groups is 3. The average Bonchev–Trinajstić information content (AvgIpc) is 2.41. The molecule has 6 nitrogen and oxygen atoms in total. The first-order chi connectivity index (χ1) is 8.61. The van der Waals surface area contributed by atoms with Crippen LogP contribution in [0, 0.1) is 0 Å². The Morgan fingerprint density at radius 3 is 2.44 bits per heavy atom. The summed E-state index contributed by atoms with van der Waals surface area (Å²) in [4.78, 5) is 47.0. The van der Waals surface area contributed by atoms with Crippen LogP contribution < -0.4 is 5.73 Å². The van der Waals surface area contributed by atoms with Gasteiger partial charge in [0.2, 0.25) is 12.2 Å². The summed E-state index contributed by atoms with van der Waals surface area (Å²) in [6.45, 7) is -0.459. The topological polar surface area (TPSA) is 97.5 Å². The molecule has 18 heavy (non-hydrogen) atoms. The van der Waals surface area contributed by atoms with Gasteiger partial charge < -0.3 is 5.73 Å². The van der Waals surface area contributed by atoms with Gasteiger partial charge in [-0.3, -0.25) is 24.1 Å². The molecule has 1 radical (unpaired) electrons. The summed E-state index contributed by atoms with van der Waals surface area (Å²) >= 11 is 0. The second kappa shape index (κ2) is 4.50. The first-order valence-electron chi connectivity index (χ1n) is 5.19. The second-order valence-electron chi connectivity index (χ2n) is 3.70. The van der Waals surface area contributed by atoms with Crippen LogP contribution in [0.15, 0.2) is 24.3 Å². The van der Waals surface area contributed by atoms with Gasteiger partial charge in [0.05, 0.1) is 12.1 Å². The fourth-order valence-electron chi connectivity index (χ4n) is 1.86. The predicted molar refractivity (Wildman–Crippen MR) is 60.5 cm³/mol. The maximum Gasteiger partial charge on any atom is 0.262 e. The van der Waals surface area contributed by atoms with E-state index >= 15 is 0 Å². The smallest absolute Gasteiger partial charge is 0.262 e. The molecule has 0 saturated heterocycles. The molecule has 1 aromatic carbocycles. The number of fused-ring (bicyclic) bond motifs is 1. The Labute approximate surface area is 102 Å². The maximum absolute atomic E-state index is 12.1. The molecule has 0 bridgehead atoms. The van der Waals surface area contributed by atoms with Crippen LogP contribution in [0.25, 0.3) is 0 Å². The molecule has 0 fully saturated rings. The van der Waals surface area contributed by atoms with E-state index in [1.54, 1.807) is 12.1 Å². The van der Waals surface area contributed by atoms with Gasteiger partial charge in [0.25, 0.3) is 5.91 Å². The van der Waals surface area contributed by atoms with E-state index in [9.17, 15) is 19.2 Å². The van der Waals surface area contributed by atoms with E-state index in [1.807, 2.05) is 0 Å². The molecule has 1 heterocycles. The second-order valence-corrected chi connectivity index (χ2v) is 3.70. The molecule has 1 aliphatic heterocycles. The molecule has 91 valence electrons. The van der Waals surface area contributed by atoms with Gasteiger partial charge in [-0.05, 0) is 6.07 Å². The van der Waals surface area contributed by atoms with Crippen molar-refractivity contribution in [2.24, 2.45) is 5.73 Å². The molecule has 2 amide bonds. The number of hydrogen-bond donors (Lipinski definition) is 1. The van der Waals surface area contributed by atoms with Gasteiger partial charge in [0, 0.05) is 5.56 Å². The number of amides is 2. The molecule has 0 aromatic heterocycles. The van der Waals surface area contributed by atoms with E-state index in [0.717, 1.165) is 0 Å². The molecule has 0 spiro atoms. The zero-order chi connectivity index (χ0) is 13.3. The van der Waals surface area contributed by atoms with Crippen LogP contribution in [-0.2, 0) is 9.59 Å². The lowest BCUT2D eigenvalue weighted by atomic mass is 9.92. The van der Waals surface area contributed by atoms with Crippen molar-refractivity contribution < 1.29 is 19.2 Å². The van der Waals surface area contributed by atoms with Crippen molar-refractivity contribution in [2.75, 3.05) is 6.54 Å². The highest BCUT2D eigenvalue weighted by molar-refractivity contribution is 6.24. The molecule has 0 saturated carbocycles. The number of benzene rings is 1. The standard InChI is InChI=1S/C12H9N2O4/c13-5-10(16)14-9(6-15)11(17)7-3-1-2-4-8(7)12(14)18/h1-4,9H,5,13H2/t9-/m1/s1. The highest BCUT2D eigenvalue weighted by atomic mass is 16.2. The van der Waals surface area contributed by atoms with Crippen LogP contribution in [0.2, 0.25) is 0 Å². The summed E-state index contributed by atoms with van der Waals surface area (Å²) in [6.07, 6.45) is 1.42. The van der Waals surface area contributed by atoms with E-state index < -0.39 is 30.2 Å². The Hall–Kier alpha value is -2.34. The third-order valence-corrected chi connectivity index (χ3v) is 2.70. The zero-order valence-electron chi connectivity index (χ0n) is 9.25. The van der Waals surface area contributed by atoms with E-state index in [4.69, 9.17) is 5.73 Å². The van der Waals surface area contributed by atoms with Gasteiger partial charge in [-0.25, -0.2) is 0 Å². The van der Waals surface area contributed by atoms with Crippen molar-refractivity contribution in [3.05, 3.63) is 35.4 Å². The normalized spacial score (nSPS) is 18.5. The maximum atomic E-state index is 12.1. The third kappa shape index (κ3) is 1.63. The number of nitrogens with two attached hydrogens (primary N) is 1. The highest BCUT2D eigenvalue weighted by Crippen LogP contribution is 2.22. The van der Waals surface area contributed by atoms with Gasteiger partial charge in [-0.15, -0.1) is 0 Å². The first kappa shape index (κ1) is 12.1. The number of nitrogens with zero attached hydrogens (tertiary/aromatic N) is 1. The number of Topliss-reactive ketones (excluding diaryl/α,β-unsaturated/α-hetero) is 1. The fraction of sp³-hybridized carbons (Fsp3) is 0.167. The highest BCUT2D eigenvalue weighted by Gasteiger charge is 2.41. The van der Waals surface area contributed by atoms with Crippen LogP contribution in [0.1, 0.15) is 20.7 Å². The Bertz CT molecular complexity index is 553. The summed E-state index contributed by atoms with van der Waals surface area (Å²) in [5.41, 5.74) is 5.38. The molecule has 0 unspecified atom stereocenters. The minimum absolute atomic E-state index is 0.0933. The van der Waals surface area contributed by atoms with Gasteiger partial charge >= 0.3 is 0 Å². The lowest BCUT2D eigenvalue weighted by Crippen LogP contribution is -2.55. The Kier molecular flexibility index (Phi) is 3.03. The molecule has 0 aliphatic carbocycles. The van der Waals surface area contributed by atoms with E-state index in [2.05, 4.69) is 0 Å². The van der Waals surface area contributed by atoms with Crippen molar-refractivity contribution in [1.29, 1.82) is 0 Å². The van der Waals surface area contributed by atoms with Crippen molar-refractivity contribution in [1.82, 2.24) is 4.90 Å². The number of ketones is 1. The SMILES string of the molecule is NCC(=O)N1C(=O)c2ccccc2C(=O)[C@H]1[C]=O. The van der Waals surface area contributed by atoms with Gasteiger partial charge in [-0.1, -0.05) is 18.2 Å². The minimum Gasteiger partial charge on any atom is -0.322 e. The lowest BCUT2D eigenvalue weighted by Gasteiger charge is -2.29.